The van der Waals surface area contributed by atoms with Gasteiger partial charge in [-0.25, -0.2) is 0 Å². The molecule has 0 aliphatic heterocycles. The van der Waals surface area contributed by atoms with Crippen LogP contribution in [-0.2, 0) is 5.41 Å². The minimum Gasteiger partial charge on any atom is -0.355 e. The van der Waals surface area contributed by atoms with Gasteiger partial charge in [-0.05, 0) is 76.4 Å². The molecule has 31 heavy (non-hydrogen) atoms. The molecule has 0 saturated heterocycles. The number of fused-ring (bicyclic) bond motifs is 5. The Morgan fingerprint density at radius 2 is 1.42 bits per heavy atom. The molecule has 1 saturated carbocycles. The third kappa shape index (κ3) is 2.84. The molecule has 2 aliphatic carbocycles. The third-order valence-corrected chi connectivity index (χ3v) is 7.51. The van der Waals surface area contributed by atoms with Gasteiger partial charge in [-0.15, -0.1) is 0 Å². The molecule has 2 aliphatic rings. The molecule has 0 amide bonds. The Morgan fingerprint density at radius 1 is 0.677 bits per heavy atom. The number of nitrogens with one attached hydrogen (secondary N) is 1. The summed E-state index contributed by atoms with van der Waals surface area (Å²) in [7, 11) is 0. The first-order valence-electron chi connectivity index (χ1n) is 11.4. The Bertz CT molecular complexity index is 1260. The van der Waals surface area contributed by atoms with Crippen LogP contribution in [0.5, 0.6) is 0 Å². The van der Waals surface area contributed by atoms with Gasteiger partial charge in [0.1, 0.15) is 0 Å². The molecule has 0 bridgehead atoms. The maximum absolute atomic E-state index is 3.66. The Balaban J connectivity index is 1.39. The first kappa shape index (κ1) is 18.4. The number of rotatable bonds is 3. The molecule has 1 nitrogen and oxygen atoms in total. The van der Waals surface area contributed by atoms with Crippen LogP contribution in [0.25, 0.3) is 22.3 Å². The van der Waals surface area contributed by atoms with Gasteiger partial charge in [-0.1, -0.05) is 86.1 Å². The molecule has 0 radical (unpaired) electrons. The minimum absolute atomic E-state index is 0.206. The zero-order valence-corrected chi connectivity index (χ0v) is 17.9. The molecule has 2 unspecified atom stereocenters. The van der Waals surface area contributed by atoms with Crippen LogP contribution in [0.3, 0.4) is 0 Å². The van der Waals surface area contributed by atoms with E-state index >= 15 is 0 Å². The lowest BCUT2D eigenvalue weighted by Gasteiger charge is -2.32. The third-order valence-electron chi connectivity index (χ3n) is 7.51. The lowest BCUT2D eigenvalue weighted by Crippen LogP contribution is -2.27. The monoisotopic (exact) mass is 401 g/mol. The van der Waals surface area contributed by atoms with Crippen LogP contribution in [-0.4, -0.2) is 0 Å². The van der Waals surface area contributed by atoms with E-state index in [9.17, 15) is 0 Å². The van der Waals surface area contributed by atoms with Crippen molar-refractivity contribution in [1.29, 1.82) is 0 Å². The molecule has 6 rings (SSSR count). The highest BCUT2D eigenvalue weighted by molar-refractivity contribution is 5.84. The predicted molar refractivity (Wildman–Crippen MR) is 131 cm³/mol. The molecule has 0 heterocycles. The fourth-order valence-corrected chi connectivity index (χ4v) is 6.04. The number of benzene rings is 4. The quantitative estimate of drug-likeness (QED) is 0.365. The van der Waals surface area contributed by atoms with Gasteiger partial charge in [0.25, 0.3) is 0 Å². The molecular formula is C30H27N. The average molecular weight is 402 g/mol. The van der Waals surface area contributed by atoms with E-state index in [1.807, 2.05) is 0 Å². The highest BCUT2D eigenvalue weighted by Gasteiger charge is 2.49. The van der Waals surface area contributed by atoms with E-state index in [2.05, 4.69) is 109 Å². The molecule has 1 N–H and O–H groups in total. The fraction of sp³-hybridized carbons (Fsp3) is 0.200. The van der Waals surface area contributed by atoms with Gasteiger partial charge >= 0.3 is 0 Å². The summed E-state index contributed by atoms with van der Waals surface area (Å²) in [6.45, 7) is 2.44. The second kappa shape index (κ2) is 7.13. The average Bonchev–Trinajstić information content (AvgIpc) is 3.34. The molecule has 4 aromatic rings. The van der Waals surface area contributed by atoms with Crippen LogP contribution in [0.2, 0.25) is 0 Å². The number of anilines is 2. The number of hydrogen-bond donors (Lipinski definition) is 1. The second-order valence-corrected chi connectivity index (χ2v) is 9.14. The highest BCUT2D eigenvalue weighted by Crippen LogP contribution is 2.59. The van der Waals surface area contributed by atoms with Crippen LogP contribution in [0.15, 0.2) is 97.1 Å². The van der Waals surface area contributed by atoms with E-state index in [-0.39, 0.29) is 5.41 Å². The molecule has 1 fully saturated rings. The minimum atomic E-state index is 0.206. The fourth-order valence-electron chi connectivity index (χ4n) is 6.04. The van der Waals surface area contributed by atoms with Crippen molar-refractivity contribution in [3.63, 3.8) is 0 Å². The van der Waals surface area contributed by atoms with Crippen molar-refractivity contribution in [2.45, 2.75) is 31.6 Å². The van der Waals surface area contributed by atoms with E-state index < -0.39 is 0 Å². The smallest absolute Gasteiger partial charge is 0.0390 e. The lowest BCUT2D eigenvalue weighted by atomic mass is 9.71. The van der Waals surface area contributed by atoms with E-state index in [0.29, 0.717) is 5.92 Å². The van der Waals surface area contributed by atoms with E-state index in [1.54, 1.807) is 5.56 Å². The SMILES string of the molecule is CC1CCCC12c1ccccc1-c1cc(Nc3cccc(-c4ccccc4)c3)ccc12. The van der Waals surface area contributed by atoms with Crippen LogP contribution in [0, 0.1) is 5.92 Å². The maximum atomic E-state index is 3.66. The normalized spacial score (nSPS) is 21.1. The molecule has 2 atom stereocenters. The summed E-state index contributed by atoms with van der Waals surface area (Å²) in [6, 6.07) is 35.3. The Hall–Kier alpha value is -3.32. The van der Waals surface area contributed by atoms with Gasteiger partial charge in [-0.3, -0.25) is 0 Å². The van der Waals surface area contributed by atoms with Crippen molar-refractivity contribution in [2.75, 3.05) is 5.32 Å². The van der Waals surface area contributed by atoms with Crippen molar-refractivity contribution >= 4 is 11.4 Å². The maximum Gasteiger partial charge on any atom is 0.0390 e. The van der Waals surface area contributed by atoms with Crippen LogP contribution in [0.4, 0.5) is 11.4 Å². The van der Waals surface area contributed by atoms with Crippen molar-refractivity contribution < 1.29 is 0 Å². The van der Waals surface area contributed by atoms with Crippen molar-refractivity contribution in [2.24, 2.45) is 5.92 Å². The van der Waals surface area contributed by atoms with Crippen LogP contribution >= 0.6 is 0 Å². The molecule has 1 heteroatoms. The summed E-state index contributed by atoms with van der Waals surface area (Å²) >= 11 is 0. The summed E-state index contributed by atoms with van der Waals surface area (Å²) in [5.41, 5.74) is 10.9. The molecular weight excluding hydrogens is 374 g/mol. The molecule has 0 aromatic heterocycles. The van der Waals surface area contributed by atoms with Crippen molar-refractivity contribution in [3.05, 3.63) is 108 Å². The van der Waals surface area contributed by atoms with Gasteiger partial charge in [0, 0.05) is 16.8 Å². The van der Waals surface area contributed by atoms with Crippen molar-refractivity contribution in [1.82, 2.24) is 0 Å². The zero-order valence-electron chi connectivity index (χ0n) is 17.9. The first-order chi connectivity index (χ1) is 15.3. The molecule has 152 valence electrons. The van der Waals surface area contributed by atoms with Gasteiger partial charge in [0.05, 0.1) is 0 Å². The van der Waals surface area contributed by atoms with Gasteiger partial charge < -0.3 is 5.32 Å². The van der Waals surface area contributed by atoms with E-state index in [0.717, 1.165) is 11.4 Å². The number of hydrogen-bond acceptors (Lipinski definition) is 1. The summed E-state index contributed by atoms with van der Waals surface area (Å²) in [6.07, 6.45) is 3.91. The van der Waals surface area contributed by atoms with Crippen molar-refractivity contribution in [3.8, 4) is 22.3 Å². The first-order valence-corrected chi connectivity index (χ1v) is 11.4. The van der Waals surface area contributed by atoms with E-state index in [4.69, 9.17) is 0 Å². The summed E-state index contributed by atoms with van der Waals surface area (Å²) in [4.78, 5) is 0. The second-order valence-electron chi connectivity index (χ2n) is 9.14. The highest BCUT2D eigenvalue weighted by atomic mass is 14.9. The van der Waals surface area contributed by atoms with E-state index in [1.165, 1.54) is 47.1 Å². The van der Waals surface area contributed by atoms with Gasteiger partial charge in [0.2, 0.25) is 0 Å². The van der Waals surface area contributed by atoms with Crippen LogP contribution in [0.1, 0.15) is 37.3 Å². The Morgan fingerprint density at radius 3 is 2.26 bits per heavy atom. The molecule has 1 spiro atoms. The zero-order chi connectivity index (χ0) is 20.8. The summed E-state index contributed by atoms with van der Waals surface area (Å²) in [5.74, 6) is 0.691. The van der Waals surface area contributed by atoms with Gasteiger partial charge in [-0.2, -0.15) is 0 Å². The molecule has 4 aromatic carbocycles. The standard InChI is InChI=1S/C30H27N/c1-21-9-8-18-30(21)28-15-6-5-14-26(28)27-20-25(16-17-29(27)30)31-24-13-7-12-23(19-24)22-10-3-2-4-11-22/h2-7,10-17,19-21,31H,8-9,18H2,1H3. The van der Waals surface area contributed by atoms with Crippen LogP contribution < -0.4 is 5.32 Å². The largest absolute Gasteiger partial charge is 0.355 e. The summed E-state index contributed by atoms with van der Waals surface area (Å²) < 4.78 is 0. The Kier molecular flexibility index (Phi) is 4.24. The predicted octanol–water partition coefficient (Wildman–Crippen LogP) is 8.18. The van der Waals surface area contributed by atoms with Gasteiger partial charge in [0.15, 0.2) is 0 Å². The topological polar surface area (TPSA) is 12.0 Å². The lowest BCUT2D eigenvalue weighted by molar-refractivity contribution is 0.414. The Labute approximate surface area is 184 Å². The summed E-state index contributed by atoms with van der Waals surface area (Å²) in [5, 5.41) is 3.66.